The number of aliphatic hydroxyl groups excluding tert-OH is 1. The number of hydrogen-bond acceptors (Lipinski definition) is 1. The molecule has 2 N–H and O–H groups in total. The third-order valence-electron chi connectivity index (χ3n) is 2.78. The topological polar surface area (TPSA) is 36.0 Å². The molecule has 0 saturated carbocycles. The van der Waals surface area contributed by atoms with Gasteiger partial charge in [0.25, 0.3) is 0 Å². The predicted octanol–water partition coefficient (Wildman–Crippen LogP) is 2.62. The lowest BCUT2D eigenvalue weighted by Gasteiger charge is -2.12. The van der Waals surface area contributed by atoms with Crippen LogP contribution in [-0.4, -0.2) is 16.7 Å². The monoisotopic (exact) mass is 203 g/mol. The van der Waals surface area contributed by atoms with Crippen LogP contribution in [-0.2, 0) is 6.42 Å². The molecule has 0 aromatic carbocycles. The highest BCUT2D eigenvalue weighted by Gasteiger charge is 2.15. The van der Waals surface area contributed by atoms with Crippen LogP contribution in [0.5, 0.6) is 0 Å². The largest absolute Gasteiger partial charge is 0.396 e. The zero-order valence-corrected chi connectivity index (χ0v) is 9.25. The lowest BCUT2D eigenvalue weighted by atomic mass is 9.93. The van der Waals surface area contributed by atoms with Crippen LogP contribution in [0.3, 0.4) is 0 Å². The van der Waals surface area contributed by atoms with E-state index in [1.807, 2.05) is 6.20 Å². The molecule has 0 fully saturated rings. The second kappa shape index (κ2) is 3.70. The minimum Gasteiger partial charge on any atom is -0.396 e. The van der Waals surface area contributed by atoms with Gasteiger partial charge < -0.3 is 10.1 Å². The van der Waals surface area contributed by atoms with Crippen molar-refractivity contribution in [1.82, 2.24) is 4.98 Å². The molecule has 0 unspecified atom stereocenters. The van der Waals surface area contributed by atoms with Crippen LogP contribution in [0.4, 0.5) is 0 Å². The van der Waals surface area contributed by atoms with Gasteiger partial charge in [-0.1, -0.05) is 32.1 Å². The number of aromatic nitrogens is 1. The van der Waals surface area contributed by atoms with Crippen molar-refractivity contribution in [3.63, 3.8) is 0 Å². The highest BCUT2D eigenvalue weighted by molar-refractivity contribution is 5.69. The van der Waals surface area contributed by atoms with Gasteiger partial charge in [0.2, 0.25) is 0 Å². The van der Waals surface area contributed by atoms with E-state index < -0.39 is 0 Å². The third-order valence-corrected chi connectivity index (χ3v) is 2.78. The van der Waals surface area contributed by atoms with Gasteiger partial charge in [-0.2, -0.15) is 0 Å². The molecule has 1 aromatic rings. The average Bonchev–Trinajstić information content (AvgIpc) is 2.49. The number of fused-ring (bicyclic) bond motifs is 1. The molecular formula is C13H17NO. The molecule has 1 heterocycles. The summed E-state index contributed by atoms with van der Waals surface area (Å²) in [5, 5.41) is 8.96. The second-order valence-corrected chi connectivity index (χ2v) is 4.60. The zero-order chi connectivity index (χ0) is 10.9. The SMILES string of the molecule is CC1(C)C=Cc2[nH]cc(CCO)c2C=C1. The lowest BCUT2D eigenvalue weighted by molar-refractivity contribution is 0.299. The standard InChI is InChI=1S/C13H17NO/c1-13(2)6-3-11-10(5-8-15)9-14-12(11)4-7-13/h3-4,6-7,9,14-15H,5,8H2,1-2H3. The Bertz CT molecular complexity index is 410. The van der Waals surface area contributed by atoms with E-state index in [0.29, 0.717) is 6.42 Å². The van der Waals surface area contributed by atoms with Crippen LogP contribution in [0.1, 0.15) is 30.7 Å². The van der Waals surface area contributed by atoms with Gasteiger partial charge >= 0.3 is 0 Å². The van der Waals surface area contributed by atoms with E-state index in [-0.39, 0.29) is 12.0 Å². The Balaban J connectivity index is 2.41. The highest BCUT2D eigenvalue weighted by atomic mass is 16.2. The molecule has 2 nitrogen and oxygen atoms in total. The van der Waals surface area contributed by atoms with Gasteiger partial charge in [0.1, 0.15) is 0 Å². The fourth-order valence-corrected chi connectivity index (χ4v) is 1.81. The number of aromatic amines is 1. The fourth-order valence-electron chi connectivity index (χ4n) is 1.81. The smallest absolute Gasteiger partial charge is 0.0472 e. The van der Waals surface area contributed by atoms with Crippen LogP contribution in [0, 0.1) is 5.41 Å². The van der Waals surface area contributed by atoms with Gasteiger partial charge in [-0.25, -0.2) is 0 Å². The molecule has 15 heavy (non-hydrogen) atoms. The quantitative estimate of drug-likeness (QED) is 0.761. The number of nitrogens with one attached hydrogen (secondary N) is 1. The van der Waals surface area contributed by atoms with Crippen LogP contribution in [0.25, 0.3) is 12.2 Å². The van der Waals surface area contributed by atoms with E-state index in [1.54, 1.807) is 0 Å². The minimum absolute atomic E-state index is 0.107. The summed E-state index contributed by atoms with van der Waals surface area (Å²) in [6.07, 6.45) is 11.4. The maximum atomic E-state index is 8.96. The second-order valence-electron chi connectivity index (χ2n) is 4.60. The Morgan fingerprint density at radius 3 is 2.73 bits per heavy atom. The van der Waals surface area contributed by atoms with Crippen molar-refractivity contribution in [3.8, 4) is 0 Å². The van der Waals surface area contributed by atoms with Crippen molar-refractivity contribution in [1.29, 1.82) is 0 Å². The van der Waals surface area contributed by atoms with Crippen molar-refractivity contribution in [2.45, 2.75) is 20.3 Å². The van der Waals surface area contributed by atoms with E-state index in [1.165, 1.54) is 11.1 Å². The minimum atomic E-state index is 0.107. The molecule has 1 aromatic heterocycles. The molecule has 0 radical (unpaired) electrons. The summed E-state index contributed by atoms with van der Waals surface area (Å²) in [7, 11) is 0. The molecule has 0 atom stereocenters. The molecule has 0 aliphatic heterocycles. The number of allylic oxidation sites excluding steroid dienone is 2. The van der Waals surface area contributed by atoms with Gasteiger partial charge in [-0.15, -0.1) is 0 Å². The third kappa shape index (κ3) is 2.05. The lowest BCUT2D eigenvalue weighted by Crippen LogP contribution is -2.00. The average molecular weight is 203 g/mol. The fraction of sp³-hybridized carbons (Fsp3) is 0.385. The van der Waals surface area contributed by atoms with Crippen molar-refractivity contribution >= 4 is 12.2 Å². The maximum absolute atomic E-state index is 8.96. The van der Waals surface area contributed by atoms with Crippen LogP contribution in [0.2, 0.25) is 0 Å². The van der Waals surface area contributed by atoms with Gasteiger partial charge in [-0.3, -0.25) is 0 Å². The summed E-state index contributed by atoms with van der Waals surface area (Å²) in [4.78, 5) is 3.24. The first kappa shape index (κ1) is 10.2. The normalized spacial score (nSPS) is 17.5. The van der Waals surface area contributed by atoms with Gasteiger partial charge in [0.15, 0.2) is 0 Å². The van der Waals surface area contributed by atoms with E-state index in [9.17, 15) is 0 Å². The Morgan fingerprint density at radius 2 is 2.00 bits per heavy atom. The maximum Gasteiger partial charge on any atom is 0.0472 e. The predicted molar refractivity (Wildman–Crippen MR) is 63.4 cm³/mol. The van der Waals surface area contributed by atoms with Gasteiger partial charge in [0, 0.05) is 29.5 Å². The van der Waals surface area contributed by atoms with Crippen molar-refractivity contribution < 1.29 is 5.11 Å². The van der Waals surface area contributed by atoms with Crippen molar-refractivity contribution in [2.24, 2.45) is 5.41 Å². The number of aliphatic hydroxyl groups is 1. The number of rotatable bonds is 2. The molecule has 2 rings (SSSR count). The van der Waals surface area contributed by atoms with Crippen molar-refractivity contribution in [2.75, 3.05) is 6.61 Å². The summed E-state index contributed by atoms with van der Waals surface area (Å²) < 4.78 is 0. The Kier molecular flexibility index (Phi) is 2.53. The van der Waals surface area contributed by atoms with E-state index in [2.05, 4.69) is 43.1 Å². The summed E-state index contributed by atoms with van der Waals surface area (Å²) in [5.41, 5.74) is 3.65. The van der Waals surface area contributed by atoms with E-state index in [0.717, 1.165) is 5.69 Å². The Morgan fingerprint density at radius 1 is 1.27 bits per heavy atom. The molecule has 1 aliphatic rings. The van der Waals surface area contributed by atoms with Crippen molar-refractivity contribution in [3.05, 3.63) is 35.2 Å². The van der Waals surface area contributed by atoms with Gasteiger partial charge in [0.05, 0.1) is 0 Å². The number of hydrogen-bond donors (Lipinski definition) is 2. The summed E-state index contributed by atoms with van der Waals surface area (Å²) >= 11 is 0. The molecular weight excluding hydrogens is 186 g/mol. The van der Waals surface area contributed by atoms with E-state index in [4.69, 9.17) is 5.11 Å². The molecule has 2 heteroatoms. The Labute approximate surface area is 90.3 Å². The molecule has 0 saturated heterocycles. The molecule has 0 amide bonds. The highest BCUT2D eigenvalue weighted by Crippen LogP contribution is 2.29. The molecule has 1 aliphatic carbocycles. The number of H-pyrrole nitrogens is 1. The summed E-state index contributed by atoms with van der Waals surface area (Å²) in [5.74, 6) is 0. The van der Waals surface area contributed by atoms with Crippen LogP contribution in [0.15, 0.2) is 18.3 Å². The first-order valence-electron chi connectivity index (χ1n) is 5.32. The Hall–Kier alpha value is -1.28. The van der Waals surface area contributed by atoms with Crippen LogP contribution < -0.4 is 0 Å². The first-order chi connectivity index (χ1) is 7.12. The first-order valence-corrected chi connectivity index (χ1v) is 5.32. The zero-order valence-electron chi connectivity index (χ0n) is 9.25. The molecule has 80 valence electrons. The summed E-state index contributed by atoms with van der Waals surface area (Å²) in [6.45, 7) is 4.56. The van der Waals surface area contributed by atoms with E-state index >= 15 is 0 Å². The van der Waals surface area contributed by atoms with Crippen LogP contribution >= 0.6 is 0 Å². The summed E-state index contributed by atoms with van der Waals surface area (Å²) in [6, 6.07) is 0. The van der Waals surface area contributed by atoms with Gasteiger partial charge in [-0.05, 0) is 18.1 Å². The molecule has 0 bridgehead atoms. The molecule has 0 spiro atoms.